The molecule has 5 heteroatoms. The van der Waals surface area contributed by atoms with Gasteiger partial charge in [0, 0.05) is 23.7 Å². The summed E-state index contributed by atoms with van der Waals surface area (Å²) >= 11 is 0. The SMILES string of the molecule is CCOC(=O)C(O)c1cn(CC)c2cccc(O)c12. The number of phenolic OH excluding ortho intramolecular Hbond substituents is 1. The highest BCUT2D eigenvalue weighted by Crippen LogP contribution is 2.33. The average molecular weight is 263 g/mol. The Morgan fingerprint density at radius 3 is 2.79 bits per heavy atom. The largest absolute Gasteiger partial charge is 0.507 e. The first-order chi connectivity index (χ1) is 9.10. The van der Waals surface area contributed by atoms with E-state index < -0.39 is 12.1 Å². The van der Waals surface area contributed by atoms with E-state index in [-0.39, 0.29) is 12.4 Å². The molecule has 1 unspecified atom stereocenters. The van der Waals surface area contributed by atoms with Gasteiger partial charge >= 0.3 is 5.97 Å². The topological polar surface area (TPSA) is 71.7 Å². The maximum absolute atomic E-state index is 11.6. The van der Waals surface area contributed by atoms with E-state index in [4.69, 9.17) is 4.74 Å². The Morgan fingerprint density at radius 1 is 1.42 bits per heavy atom. The zero-order chi connectivity index (χ0) is 14.0. The lowest BCUT2D eigenvalue weighted by Crippen LogP contribution is -2.15. The summed E-state index contributed by atoms with van der Waals surface area (Å²) in [5.74, 6) is -0.663. The minimum absolute atomic E-state index is 0.0445. The van der Waals surface area contributed by atoms with E-state index in [1.807, 2.05) is 17.6 Å². The first-order valence-electron chi connectivity index (χ1n) is 6.25. The number of aryl methyl sites for hydroxylation is 1. The second-order valence-electron chi connectivity index (χ2n) is 4.20. The number of carbonyl (C=O) groups is 1. The van der Waals surface area contributed by atoms with Crippen LogP contribution < -0.4 is 0 Å². The number of aliphatic hydroxyl groups is 1. The second-order valence-corrected chi connectivity index (χ2v) is 4.20. The third-order valence-corrected chi connectivity index (χ3v) is 3.06. The molecule has 0 radical (unpaired) electrons. The molecule has 1 aromatic carbocycles. The van der Waals surface area contributed by atoms with Crippen LogP contribution in [0.15, 0.2) is 24.4 Å². The van der Waals surface area contributed by atoms with Crippen LogP contribution in [0.1, 0.15) is 25.5 Å². The number of phenols is 1. The fourth-order valence-corrected chi connectivity index (χ4v) is 2.18. The molecule has 102 valence electrons. The van der Waals surface area contributed by atoms with Crippen molar-refractivity contribution in [3.8, 4) is 5.75 Å². The highest BCUT2D eigenvalue weighted by Gasteiger charge is 2.24. The normalized spacial score (nSPS) is 12.6. The Bertz CT molecular complexity index is 603. The molecule has 2 aromatic rings. The Morgan fingerprint density at radius 2 is 2.16 bits per heavy atom. The van der Waals surface area contributed by atoms with Crippen molar-refractivity contribution in [2.45, 2.75) is 26.5 Å². The van der Waals surface area contributed by atoms with Gasteiger partial charge in [-0.1, -0.05) is 6.07 Å². The summed E-state index contributed by atoms with van der Waals surface area (Å²) in [5, 5.41) is 20.5. The van der Waals surface area contributed by atoms with Gasteiger partial charge in [0.1, 0.15) is 5.75 Å². The molecule has 0 saturated heterocycles. The van der Waals surface area contributed by atoms with E-state index in [9.17, 15) is 15.0 Å². The monoisotopic (exact) mass is 263 g/mol. The molecule has 1 atom stereocenters. The number of esters is 1. The molecule has 0 aliphatic rings. The molecule has 0 bridgehead atoms. The van der Waals surface area contributed by atoms with Crippen LogP contribution in [0.2, 0.25) is 0 Å². The van der Waals surface area contributed by atoms with Crippen LogP contribution in [-0.4, -0.2) is 27.4 Å². The number of ether oxygens (including phenoxy) is 1. The Hall–Kier alpha value is -2.01. The third kappa shape index (κ3) is 2.29. The number of aromatic nitrogens is 1. The molecule has 0 aliphatic heterocycles. The van der Waals surface area contributed by atoms with E-state index in [1.165, 1.54) is 6.07 Å². The fraction of sp³-hybridized carbons (Fsp3) is 0.357. The van der Waals surface area contributed by atoms with Gasteiger partial charge in [0.05, 0.1) is 12.1 Å². The van der Waals surface area contributed by atoms with E-state index in [1.54, 1.807) is 19.2 Å². The summed E-state index contributed by atoms with van der Waals surface area (Å²) in [6.07, 6.45) is 0.287. The number of nitrogens with zero attached hydrogens (tertiary/aromatic N) is 1. The molecule has 19 heavy (non-hydrogen) atoms. The van der Waals surface area contributed by atoms with Crippen molar-refractivity contribution in [1.82, 2.24) is 4.57 Å². The summed E-state index contributed by atoms with van der Waals surface area (Å²) in [6, 6.07) is 5.09. The molecule has 0 fully saturated rings. The van der Waals surface area contributed by atoms with Gasteiger partial charge in [0.25, 0.3) is 0 Å². The quantitative estimate of drug-likeness (QED) is 0.827. The molecular weight excluding hydrogens is 246 g/mol. The van der Waals surface area contributed by atoms with Gasteiger partial charge in [-0.15, -0.1) is 0 Å². The molecule has 2 rings (SSSR count). The van der Waals surface area contributed by atoms with Crippen molar-refractivity contribution < 1.29 is 19.7 Å². The maximum atomic E-state index is 11.6. The average Bonchev–Trinajstić information content (AvgIpc) is 2.78. The highest BCUT2D eigenvalue weighted by atomic mass is 16.5. The molecule has 0 saturated carbocycles. The number of benzene rings is 1. The maximum Gasteiger partial charge on any atom is 0.339 e. The second kappa shape index (κ2) is 5.32. The van der Waals surface area contributed by atoms with E-state index >= 15 is 0 Å². The molecule has 2 N–H and O–H groups in total. The van der Waals surface area contributed by atoms with Crippen molar-refractivity contribution in [2.75, 3.05) is 6.61 Å². The van der Waals surface area contributed by atoms with Crippen molar-refractivity contribution in [1.29, 1.82) is 0 Å². The molecular formula is C14H17NO4. The van der Waals surface area contributed by atoms with Crippen molar-refractivity contribution in [3.63, 3.8) is 0 Å². The highest BCUT2D eigenvalue weighted by molar-refractivity contribution is 5.93. The summed E-state index contributed by atoms with van der Waals surface area (Å²) in [7, 11) is 0. The van der Waals surface area contributed by atoms with Gasteiger partial charge in [-0.2, -0.15) is 0 Å². The summed E-state index contributed by atoms with van der Waals surface area (Å²) < 4.78 is 6.68. The first kappa shape index (κ1) is 13.4. The van der Waals surface area contributed by atoms with Crippen LogP contribution in [0.25, 0.3) is 10.9 Å². The van der Waals surface area contributed by atoms with Crippen molar-refractivity contribution in [3.05, 3.63) is 30.0 Å². The molecule has 0 spiro atoms. The van der Waals surface area contributed by atoms with Crippen LogP contribution in [0.3, 0.4) is 0 Å². The Kier molecular flexibility index (Phi) is 3.76. The van der Waals surface area contributed by atoms with Gasteiger partial charge in [0.2, 0.25) is 0 Å². The molecule has 1 aromatic heterocycles. The molecule has 1 heterocycles. The van der Waals surface area contributed by atoms with Crippen LogP contribution in [0, 0.1) is 0 Å². The molecule has 0 amide bonds. The van der Waals surface area contributed by atoms with Crippen LogP contribution in [0.4, 0.5) is 0 Å². The lowest BCUT2D eigenvalue weighted by Gasteiger charge is -2.08. The number of carbonyl (C=O) groups excluding carboxylic acids is 1. The zero-order valence-electron chi connectivity index (χ0n) is 11.0. The van der Waals surface area contributed by atoms with Gasteiger partial charge in [-0.25, -0.2) is 4.79 Å². The van der Waals surface area contributed by atoms with Crippen LogP contribution in [-0.2, 0) is 16.1 Å². The number of hydrogen-bond donors (Lipinski definition) is 2. The number of aliphatic hydroxyl groups excluding tert-OH is 1. The minimum atomic E-state index is -1.39. The van der Waals surface area contributed by atoms with Gasteiger partial charge in [-0.3, -0.25) is 0 Å². The Balaban J connectivity index is 2.57. The number of aromatic hydroxyl groups is 1. The summed E-state index contributed by atoms with van der Waals surface area (Å²) in [4.78, 5) is 11.6. The lowest BCUT2D eigenvalue weighted by atomic mass is 10.1. The third-order valence-electron chi connectivity index (χ3n) is 3.06. The number of fused-ring (bicyclic) bond motifs is 1. The van der Waals surface area contributed by atoms with Crippen molar-refractivity contribution in [2.24, 2.45) is 0 Å². The smallest absolute Gasteiger partial charge is 0.339 e. The lowest BCUT2D eigenvalue weighted by molar-refractivity contribution is -0.153. The predicted octanol–water partition coefficient (Wildman–Crippen LogP) is 1.96. The zero-order valence-corrected chi connectivity index (χ0v) is 11.0. The van der Waals surface area contributed by atoms with Gasteiger partial charge < -0.3 is 19.5 Å². The first-order valence-corrected chi connectivity index (χ1v) is 6.25. The molecule has 5 nitrogen and oxygen atoms in total. The number of rotatable bonds is 4. The van der Waals surface area contributed by atoms with Gasteiger partial charge in [0.15, 0.2) is 6.10 Å². The van der Waals surface area contributed by atoms with E-state index in [0.29, 0.717) is 17.5 Å². The standard InChI is InChI=1S/C14H17NO4/c1-3-15-8-9(13(17)14(18)19-4-2)12-10(15)6-5-7-11(12)16/h5-8,13,16-17H,3-4H2,1-2H3. The summed E-state index contributed by atoms with van der Waals surface area (Å²) in [5.41, 5.74) is 1.15. The predicted molar refractivity (Wildman–Crippen MR) is 70.9 cm³/mol. The fourth-order valence-electron chi connectivity index (χ4n) is 2.18. The van der Waals surface area contributed by atoms with E-state index in [0.717, 1.165) is 5.52 Å². The van der Waals surface area contributed by atoms with Crippen LogP contribution >= 0.6 is 0 Å². The van der Waals surface area contributed by atoms with Gasteiger partial charge in [-0.05, 0) is 26.0 Å². The van der Waals surface area contributed by atoms with Crippen LogP contribution in [0.5, 0.6) is 5.75 Å². The summed E-state index contributed by atoms with van der Waals surface area (Å²) in [6.45, 7) is 4.51. The Labute approximate surface area is 111 Å². The minimum Gasteiger partial charge on any atom is -0.507 e. The van der Waals surface area contributed by atoms with E-state index in [2.05, 4.69) is 0 Å². The van der Waals surface area contributed by atoms with Crippen molar-refractivity contribution >= 4 is 16.9 Å². The molecule has 0 aliphatic carbocycles. The number of hydrogen-bond acceptors (Lipinski definition) is 4.